The average molecular weight is 373 g/mol. The van der Waals surface area contributed by atoms with Crippen LogP contribution in [0.15, 0.2) is 30.6 Å². The molecular formula is C16H16ClF3N4O. The molecule has 0 radical (unpaired) electrons. The highest BCUT2D eigenvalue weighted by molar-refractivity contribution is 6.31. The Morgan fingerprint density at radius 2 is 2.16 bits per heavy atom. The Kier molecular flexibility index (Phi) is 4.75. The summed E-state index contributed by atoms with van der Waals surface area (Å²) in [5.41, 5.74) is 0.0126. The highest BCUT2D eigenvalue weighted by Crippen LogP contribution is 2.36. The molecule has 1 saturated heterocycles. The van der Waals surface area contributed by atoms with E-state index in [1.807, 2.05) is 6.20 Å². The van der Waals surface area contributed by atoms with E-state index in [0.29, 0.717) is 13.1 Å². The summed E-state index contributed by atoms with van der Waals surface area (Å²) in [5.74, 6) is -0.813. The number of aromatic nitrogens is 2. The second-order valence-corrected chi connectivity index (χ2v) is 6.41. The van der Waals surface area contributed by atoms with Crippen molar-refractivity contribution in [2.75, 3.05) is 18.4 Å². The van der Waals surface area contributed by atoms with E-state index in [0.717, 1.165) is 17.7 Å². The largest absolute Gasteiger partial charge is 0.417 e. The molecule has 134 valence electrons. The third kappa shape index (κ3) is 3.80. The highest BCUT2D eigenvalue weighted by atomic mass is 35.5. The number of alkyl halides is 3. The molecule has 2 N–H and O–H groups in total. The quantitative estimate of drug-likeness (QED) is 0.870. The fourth-order valence-electron chi connectivity index (χ4n) is 2.99. The van der Waals surface area contributed by atoms with Crippen LogP contribution in [0.5, 0.6) is 0 Å². The first-order chi connectivity index (χ1) is 11.8. The number of hydrogen-bond donors (Lipinski definition) is 2. The zero-order valence-electron chi connectivity index (χ0n) is 13.3. The Morgan fingerprint density at radius 3 is 2.80 bits per heavy atom. The van der Waals surface area contributed by atoms with E-state index in [1.54, 1.807) is 17.9 Å². The fourth-order valence-corrected chi connectivity index (χ4v) is 3.22. The van der Waals surface area contributed by atoms with Crippen molar-refractivity contribution in [3.05, 3.63) is 46.7 Å². The Hall–Kier alpha value is -2.06. The minimum absolute atomic E-state index is 0.0681. The van der Waals surface area contributed by atoms with E-state index in [-0.39, 0.29) is 17.5 Å². The number of nitrogens with zero attached hydrogens (tertiary/aromatic N) is 2. The molecule has 5 nitrogen and oxygen atoms in total. The van der Waals surface area contributed by atoms with Crippen molar-refractivity contribution in [3.8, 4) is 0 Å². The Balaban J connectivity index is 1.78. The summed E-state index contributed by atoms with van der Waals surface area (Å²) in [5, 5.41) is 9.41. The zero-order valence-corrected chi connectivity index (χ0v) is 14.0. The van der Waals surface area contributed by atoms with Crippen LogP contribution in [0, 0.1) is 5.92 Å². The van der Waals surface area contributed by atoms with Crippen LogP contribution in [0.3, 0.4) is 0 Å². The molecule has 0 saturated carbocycles. The van der Waals surface area contributed by atoms with Gasteiger partial charge in [0, 0.05) is 37.9 Å². The monoisotopic (exact) mass is 372 g/mol. The number of nitrogens with one attached hydrogen (secondary N) is 2. The summed E-state index contributed by atoms with van der Waals surface area (Å²) < 4.78 is 40.5. The molecule has 9 heteroatoms. The van der Waals surface area contributed by atoms with Gasteiger partial charge in [-0.2, -0.15) is 18.3 Å². The van der Waals surface area contributed by atoms with Gasteiger partial charge in [-0.1, -0.05) is 11.6 Å². The van der Waals surface area contributed by atoms with Crippen molar-refractivity contribution in [1.29, 1.82) is 0 Å². The number of rotatable bonds is 3. The molecule has 0 unspecified atom stereocenters. The minimum Gasteiger partial charge on any atom is -0.326 e. The summed E-state index contributed by atoms with van der Waals surface area (Å²) in [6.07, 6.45) is -1.05. The molecule has 1 aliphatic heterocycles. The third-order valence-electron chi connectivity index (χ3n) is 4.24. The Morgan fingerprint density at radius 1 is 1.40 bits per heavy atom. The molecule has 0 aliphatic carbocycles. The normalized spacial score (nSPS) is 20.7. The van der Waals surface area contributed by atoms with E-state index in [1.165, 1.54) is 6.07 Å². The van der Waals surface area contributed by atoms with Gasteiger partial charge in [0.15, 0.2) is 0 Å². The molecule has 2 heterocycles. The number of benzene rings is 1. The highest BCUT2D eigenvalue weighted by Gasteiger charge is 2.36. The van der Waals surface area contributed by atoms with Crippen molar-refractivity contribution in [1.82, 2.24) is 15.1 Å². The van der Waals surface area contributed by atoms with Crippen LogP contribution in [0.2, 0.25) is 5.02 Å². The van der Waals surface area contributed by atoms with Gasteiger partial charge in [0.25, 0.3) is 0 Å². The van der Waals surface area contributed by atoms with E-state index < -0.39 is 22.7 Å². The van der Waals surface area contributed by atoms with Crippen LogP contribution in [0.4, 0.5) is 18.9 Å². The van der Waals surface area contributed by atoms with Crippen LogP contribution in [-0.2, 0) is 18.0 Å². The van der Waals surface area contributed by atoms with Crippen molar-refractivity contribution in [3.63, 3.8) is 0 Å². The zero-order chi connectivity index (χ0) is 18.2. The summed E-state index contributed by atoms with van der Waals surface area (Å²) in [6, 6.07) is 3.34. The van der Waals surface area contributed by atoms with Gasteiger partial charge in [-0.25, -0.2) is 0 Å². The molecule has 0 bridgehead atoms. The first kappa shape index (κ1) is 17.8. The number of halogens is 4. The van der Waals surface area contributed by atoms with Gasteiger partial charge in [-0.05, 0) is 23.8 Å². The lowest BCUT2D eigenvalue weighted by Gasteiger charge is -2.18. The van der Waals surface area contributed by atoms with E-state index in [9.17, 15) is 18.0 Å². The lowest BCUT2D eigenvalue weighted by atomic mass is 9.90. The van der Waals surface area contributed by atoms with Gasteiger partial charge in [0.1, 0.15) is 0 Å². The maximum absolute atomic E-state index is 12.9. The minimum atomic E-state index is -4.58. The molecule has 0 spiro atoms. The van der Waals surface area contributed by atoms with Gasteiger partial charge in [-0.15, -0.1) is 0 Å². The number of aryl methyl sites for hydroxylation is 1. The van der Waals surface area contributed by atoms with Crippen LogP contribution in [0.1, 0.15) is 17.0 Å². The van der Waals surface area contributed by atoms with Crippen molar-refractivity contribution in [2.24, 2.45) is 13.0 Å². The summed E-state index contributed by atoms with van der Waals surface area (Å²) in [4.78, 5) is 12.6. The topological polar surface area (TPSA) is 59.0 Å². The molecule has 1 fully saturated rings. The summed E-state index contributed by atoms with van der Waals surface area (Å²) in [6.45, 7) is 1.06. The number of carbonyl (C=O) groups is 1. The third-order valence-corrected chi connectivity index (χ3v) is 4.57. The second kappa shape index (κ2) is 6.68. The number of anilines is 1. The molecule has 3 rings (SSSR count). The van der Waals surface area contributed by atoms with Gasteiger partial charge >= 0.3 is 6.18 Å². The van der Waals surface area contributed by atoms with Crippen molar-refractivity contribution in [2.45, 2.75) is 12.1 Å². The molecule has 25 heavy (non-hydrogen) atoms. The lowest BCUT2D eigenvalue weighted by molar-refractivity contribution is -0.137. The molecule has 1 aromatic heterocycles. The molecule has 1 amide bonds. The molecule has 2 atom stereocenters. The molecular weight excluding hydrogens is 357 g/mol. The Bertz CT molecular complexity index is 790. The molecule has 2 aromatic rings. The first-order valence-electron chi connectivity index (χ1n) is 7.62. The van der Waals surface area contributed by atoms with Crippen LogP contribution in [-0.4, -0.2) is 28.8 Å². The molecule has 1 aliphatic rings. The first-order valence-corrected chi connectivity index (χ1v) is 8.00. The van der Waals surface area contributed by atoms with Gasteiger partial charge in [0.05, 0.1) is 22.7 Å². The predicted molar refractivity (Wildman–Crippen MR) is 87.4 cm³/mol. The number of carbonyl (C=O) groups excluding carboxylic acids is 1. The second-order valence-electron chi connectivity index (χ2n) is 6.00. The van der Waals surface area contributed by atoms with E-state index in [4.69, 9.17) is 11.6 Å². The number of amides is 1. The predicted octanol–water partition coefficient (Wildman–Crippen LogP) is 3.03. The lowest BCUT2D eigenvalue weighted by Crippen LogP contribution is -2.28. The fraction of sp³-hybridized carbons (Fsp3) is 0.375. The van der Waals surface area contributed by atoms with E-state index in [2.05, 4.69) is 15.7 Å². The van der Waals surface area contributed by atoms with E-state index >= 15 is 0 Å². The van der Waals surface area contributed by atoms with Gasteiger partial charge in [0.2, 0.25) is 5.91 Å². The standard InChI is InChI=1S/C16H16ClF3N4O/c1-24-8-9(5-22-24)11-6-21-7-12(11)15(25)23-10-2-3-14(17)13(4-10)16(18,19)20/h2-5,8,11-12,21H,6-7H2,1H3,(H,23,25)/t11-,12+/m1/s1. The molecule has 1 aromatic carbocycles. The SMILES string of the molecule is Cn1cc([C@H]2CNC[C@@H]2C(=O)Nc2ccc(Cl)c(C(F)(F)F)c2)cn1. The van der Waals surface area contributed by atoms with Gasteiger partial charge in [-0.3, -0.25) is 9.48 Å². The number of hydrogen-bond acceptors (Lipinski definition) is 3. The maximum atomic E-state index is 12.9. The van der Waals surface area contributed by atoms with Crippen LogP contribution in [0.25, 0.3) is 0 Å². The smallest absolute Gasteiger partial charge is 0.326 e. The van der Waals surface area contributed by atoms with Crippen LogP contribution >= 0.6 is 11.6 Å². The average Bonchev–Trinajstić information content (AvgIpc) is 3.16. The summed E-state index contributed by atoms with van der Waals surface area (Å²) in [7, 11) is 1.79. The maximum Gasteiger partial charge on any atom is 0.417 e. The van der Waals surface area contributed by atoms with Crippen molar-refractivity contribution < 1.29 is 18.0 Å². The summed E-state index contributed by atoms with van der Waals surface area (Å²) >= 11 is 5.60. The Labute approximate surface area is 147 Å². The van der Waals surface area contributed by atoms with Crippen LogP contribution < -0.4 is 10.6 Å². The van der Waals surface area contributed by atoms with Gasteiger partial charge < -0.3 is 10.6 Å². The van der Waals surface area contributed by atoms with Crippen molar-refractivity contribution >= 4 is 23.2 Å².